The minimum absolute atomic E-state index is 0.0929. The van der Waals surface area contributed by atoms with E-state index in [9.17, 15) is 23.3 Å². The predicted molar refractivity (Wildman–Crippen MR) is 149 cm³/mol. The summed E-state index contributed by atoms with van der Waals surface area (Å²) >= 11 is 0. The summed E-state index contributed by atoms with van der Waals surface area (Å²) in [7, 11) is -4.15. The van der Waals surface area contributed by atoms with E-state index in [4.69, 9.17) is 4.74 Å². The molecule has 0 saturated carbocycles. The Kier molecular flexibility index (Phi) is 8.49. The van der Waals surface area contributed by atoms with Gasteiger partial charge in [0, 0.05) is 31.7 Å². The molecule has 2 aromatic carbocycles. The van der Waals surface area contributed by atoms with Crippen molar-refractivity contribution in [3.8, 4) is 0 Å². The molecule has 0 amide bonds. The molecule has 0 N–H and O–H groups in total. The van der Waals surface area contributed by atoms with E-state index < -0.39 is 38.3 Å². The molecule has 0 aromatic heterocycles. The van der Waals surface area contributed by atoms with Gasteiger partial charge >= 0.3 is 5.97 Å². The topological polar surface area (TPSA) is 110 Å². The molecule has 1 aliphatic carbocycles. The average Bonchev–Trinajstić information content (AvgIpc) is 3.33. The number of hydrogen-bond acceptors (Lipinski definition) is 7. The van der Waals surface area contributed by atoms with Crippen LogP contribution in [-0.2, 0) is 38.8 Å². The highest BCUT2D eigenvalue weighted by Gasteiger charge is 2.43. The van der Waals surface area contributed by atoms with Crippen molar-refractivity contribution in [2.24, 2.45) is 5.92 Å². The molecule has 10 heteroatoms. The van der Waals surface area contributed by atoms with Gasteiger partial charge in [0.1, 0.15) is 11.6 Å². The van der Waals surface area contributed by atoms with Gasteiger partial charge in [0.25, 0.3) is 5.69 Å². The number of carbonyl (C=O) groups is 1. The molecule has 1 heterocycles. The fraction of sp³-hybridized carbons (Fsp3) is 0.552. The van der Waals surface area contributed by atoms with Gasteiger partial charge < -0.3 is 4.74 Å². The van der Waals surface area contributed by atoms with Gasteiger partial charge in [-0.3, -0.25) is 19.8 Å². The van der Waals surface area contributed by atoms with Crippen molar-refractivity contribution in [1.82, 2.24) is 9.21 Å². The number of para-hydroxylation sites is 1. The summed E-state index contributed by atoms with van der Waals surface area (Å²) in [6.45, 7) is 10.1. The number of sulfonamides is 1. The van der Waals surface area contributed by atoms with Crippen molar-refractivity contribution in [1.29, 1.82) is 0 Å². The summed E-state index contributed by atoms with van der Waals surface area (Å²) < 4.78 is 34.7. The number of nitrogens with zero attached hydrogens (tertiary/aromatic N) is 3. The van der Waals surface area contributed by atoms with Crippen molar-refractivity contribution in [2.45, 2.75) is 82.9 Å². The van der Waals surface area contributed by atoms with E-state index in [0.29, 0.717) is 19.5 Å². The van der Waals surface area contributed by atoms with Gasteiger partial charge in [0.05, 0.1) is 4.92 Å². The monoisotopic (exact) mass is 557 g/mol. The number of fused-ring (bicyclic) bond motifs is 1. The normalized spacial score (nSPS) is 19.6. The maximum absolute atomic E-state index is 13.7. The van der Waals surface area contributed by atoms with Crippen LogP contribution in [-0.4, -0.2) is 65.8 Å². The highest BCUT2D eigenvalue weighted by Crippen LogP contribution is 2.32. The third kappa shape index (κ3) is 6.50. The van der Waals surface area contributed by atoms with Crippen molar-refractivity contribution < 1.29 is 22.9 Å². The molecule has 1 aliphatic heterocycles. The number of aryl methyl sites for hydroxylation is 2. The van der Waals surface area contributed by atoms with E-state index in [1.807, 2.05) is 39.5 Å². The van der Waals surface area contributed by atoms with Crippen molar-refractivity contribution >= 4 is 21.7 Å². The Morgan fingerprint density at radius 3 is 2.46 bits per heavy atom. The van der Waals surface area contributed by atoms with Crippen LogP contribution in [0, 0.1) is 16.0 Å². The van der Waals surface area contributed by atoms with Crippen LogP contribution in [0.5, 0.6) is 0 Å². The Balaban J connectivity index is 1.64. The van der Waals surface area contributed by atoms with Gasteiger partial charge in [0.2, 0.25) is 10.0 Å². The number of piperazine rings is 1. The SMILES string of the molecule is CC(C)[C@H]1CN([C@@H](Cc2ccc3c(c2)CCC3)C(=O)OC(C)(C)C)CCN1S(=O)(=O)c1ccccc1[N+](=O)[O-]. The van der Waals surface area contributed by atoms with Crippen molar-refractivity contribution in [3.05, 3.63) is 69.3 Å². The zero-order chi connectivity index (χ0) is 28.5. The second-order valence-corrected chi connectivity index (χ2v) is 13.7. The molecule has 1 fully saturated rings. The van der Waals surface area contributed by atoms with Crippen LogP contribution >= 0.6 is 0 Å². The zero-order valence-corrected chi connectivity index (χ0v) is 24.2. The van der Waals surface area contributed by atoms with Gasteiger partial charge in [0.15, 0.2) is 4.90 Å². The lowest BCUT2D eigenvalue weighted by atomic mass is 9.96. The number of esters is 1. The number of rotatable bonds is 8. The summed E-state index contributed by atoms with van der Waals surface area (Å²) in [6.07, 6.45) is 3.72. The first-order valence-electron chi connectivity index (χ1n) is 13.6. The molecule has 4 rings (SSSR count). The second kappa shape index (κ2) is 11.3. The van der Waals surface area contributed by atoms with Crippen LogP contribution in [0.25, 0.3) is 0 Å². The summed E-state index contributed by atoms with van der Waals surface area (Å²) in [6, 6.07) is 10.8. The van der Waals surface area contributed by atoms with Crippen LogP contribution in [0.1, 0.15) is 57.7 Å². The van der Waals surface area contributed by atoms with Crippen molar-refractivity contribution in [2.75, 3.05) is 19.6 Å². The Bertz CT molecular complexity index is 1330. The molecule has 1 saturated heterocycles. The molecule has 0 unspecified atom stereocenters. The summed E-state index contributed by atoms with van der Waals surface area (Å²) in [4.78, 5) is 26.2. The van der Waals surface area contributed by atoms with E-state index in [0.717, 1.165) is 24.8 Å². The fourth-order valence-electron chi connectivity index (χ4n) is 5.60. The molecule has 0 radical (unpaired) electrons. The van der Waals surface area contributed by atoms with Gasteiger partial charge in [-0.1, -0.05) is 44.2 Å². The molecule has 2 aliphatic rings. The van der Waals surface area contributed by atoms with E-state index in [1.54, 1.807) is 0 Å². The first kappa shape index (κ1) is 29.2. The minimum atomic E-state index is -4.15. The molecule has 9 nitrogen and oxygen atoms in total. The summed E-state index contributed by atoms with van der Waals surface area (Å²) in [5.41, 5.74) is 2.65. The summed E-state index contributed by atoms with van der Waals surface area (Å²) in [5.74, 6) is -0.426. The van der Waals surface area contributed by atoms with E-state index in [-0.39, 0.29) is 23.3 Å². The third-order valence-corrected chi connectivity index (χ3v) is 9.50. The van der Waals surface area contributed by atoms with E-state index in [1.165, 1.54) is 39.7 Å². The largest absolute Gasteiger partial charge is 0.459 e. The zero-order valence-electron chi connectivity index (χ0n) is 23.4. The Labute approximate surface area is 231 Å². The number of ether oxygens (including phenoxy) is 1. The number of nitro groups is 1. The van der Waals surface area contributed by atoms with Crippen molar-refractivity contribution in [3.63, 3.8) is 0 Å². The number of carbonyl (C=O) groups excluding carboxylic acids is 1. The predicted octanol–water partition coefficient (Wildman–Crippen LogP) is 4.37. The van der Waals surface area contributed by atoms with Gasteiger partial charge in [-0.2, -0.15) is 4.31 Å². The van der Waals surface area contributed by atoms with Gasteiger partial charge in [-0.15, -0.1) is 0 Å². The minimum Gasteiger partial charge on any atom is -0.459 e. The first-order chi connectivity index (χ1) is 18.3. The highest BCUT2D eigenvalue weighted by molar-refractivity contribution is 7.89. The number of benzene rings is 2. The third-order valence-electron chi connectivity index (χ3n) is 7.53. The molecule has 0 bridgehead atoms. The summed E-state index contributed by atoms with van der Waals surface area (Å²) in [5, 5.41) is 11.6. The van der Waals surface area contributed by atoms with Gasteiger partial charge in [-0.25, -0.2) is 8.42 Å². The molecule has 39 heavy (non-hydrogen) atoms. The lowest BCUT2D eigenvalue weighted by Crippen LogP contribution is -2.61. The second-order valence-electron chi connectivity index (χ2n) is 11.9. The smallest absolute Gasteiger partial charge is 0.324 e. The lowest BCUT2D eigenvalue weighted by molar-refractivity contribution is -0.387. The Morgan fingerprint density at radius 2 is 1.79 bits per heavy atom. The van der Waals surface area contributed by atoms with Crippen LogP contribution in [0.3, 0.4) is 0 Å². The molecular weight excluding hydrogens is 518 g/mol. The lowest BCUT2D eigenvalue weighted by Gasteiger charge is -2.44. The molecule has 2 atom stereocenters. The van der Waals surface area contributed by atoms with Gasteiger partial charge in [-0.05, 0) is 75.1 Å². The number of hydrogen-bond donors (Lipinski definition) is 0. The Morgan fingerprint density at radius 1 is 1.10 bits per heavy atom. The fourth-order valence-corrected chi connectivity index (χ4v) is 7.50. The standard InChI is InChI=1S/C29H39N3O6S/c1-20(2)26-19-30(15-16-31(26)39(36,37)27-12-7-6-11-24(27)32(34)35)25(28(33)38-29(3,4)5)18-21-13-14-22-9-8-10-23(22)17-21/h6-7,11-14,17,20,25-26H,8-10,15-16,18-19H2,1-5H3/t25-,26+/m0/s1. The van der Waals surface area contributed by atoms with Crippen LogP contribution in [0.15, 0.2) is 47.4 Å². The van der Waals surface area contributed by atoms with E-state index in [2.05, 4.69) is 18.2 Å². The Hall–Kier alpha value is -2.82. The molecular formula is C29H39N3O6S. The quantitative estimate of drug-likeness (QED) is 0.269. The first-order valence-corrected chi connectivity index (χ1v) is 15.0. The molecule has 212 valence electrons. The maximum atomic E-state index is 13.7. The van der Waals surface area contributed by atoms with Crippen LogP contribution in [0.4, 0.5) is 5.69 Å². The average molecular weight is 558 g/mol. The molecule has 2 aromatic rings. The van der Waals surface area contributed by atoms with Crippen LogP contribution in [0.2, 0.25) is 0 Å². The number of nitro benzene ring substituents is 1. The molecule has 0 spiro atoms. The van der Waals surface area contributed by atoms with Crippen LogP contribution < -0.4 is 0 Å². The highest BCUT2D eigenvalue weighted by atomic mass is 32.2. The van der Waals surface area contributed by atoms with E-state index >= 15 is 0 Å². The maximum Gasteiger partial charge on any atom is 0.324 e.